The normalized spacial score (nSPS) is 10.4. The number of ether oxygens (including phenoxy) is 1. The number of nitrogens with one attached hydrogen (secondary N) is 1. The largest absolute Gasteiger partial charge is 0.469 e. The highest BCUT2D eigenvalue weighted by Gasteiger charge is 2.00. The van der Waals surface area contributed by atoms with Crippen molar-refractivity contribution in [2.75, 3.05) is 33.1 Å². The molecule has 0 heterocycles. The summed E-state index contributed by atoms with van der Waals surface area (Å²) in [5, 5.41) is 3.18. The Kier molecular flexibility index (Phi) is 5.49. The number of benzene rings is 1. The van der Waals surface area contributed by atoms with Gasteiger partial charge in [-0.25, -0.2) is 0 Å². The first-order chi connectivity index (χ1) is 8.11. The van der Waals surface area contributed by atoms with Crippen LogP contribution in [0.15, 0.2) is 24.3 Å². The molecule has 1 rings (SSSR count). The summed E-state index contributed by atoms with van der Waals surface area (Å²) in [5.74, 6) is -0.193. The Morgan fingerprint density at radius 1 is 1.29 bits per heavy atom. The zero-order valence-corrected chi connectivity index (χ0v) is 10.7. The number of carbonyl (C=O) groups is 1. The van der Waals surface area contributed by atoms with Gasteiger partial charge in [0.1, 0.15) is 0 Å². The highest BCUT2D eigenvalue weighted by Crippen LogP contribution is 2.10. The summed E-state index contributed by atoms with van der Waals surface area (Å²) >= 11 is 0. The van der Waals surface area contributed by atoms with E-state index in [0.717, 1.165) is 12.2 Å². The Hall–Kier alpha value is -1.55. The van der Waals surface area contributed by atoms with E-state index in [9.17, 15) is 4.79 Å². The molecule has 0 aliphatic carbocycles. The minimum atomic E-state index is -0.193. The van der Waals surface area contributed by atoms with Crippen LogP contribution in [0, 0.1) is 0 Å². The standard InChI is InChI=1S/C13H20N2O2/c1-15(2)10-11-4-6-12(7-5-11)14-9-8-13(16)17-3/h4-7,14H,8-10H2,1-3H3. The molecule has 0 saturated carbocycles. The van der Waals surface area contributed by atoms with Gasteiger partial charge in [-0.15, -0.1) is 0 Å². The predicted molar refractivity (Wildman–Crippen MR) is 69.0 cm³/mol. The van der Waals surface area contributed by atoms with Crippen LogP contribution in [0.1, 0.15) is 12.0 Å². The second kappa shape index (κ2) is 6.91. The lowest BCUT2D eigenvalue weighted by molar-refractivity contribution is -0.140. The third-order valence-electron chi connectivity index (χ3n) is 2.34. The van der Waals surface area contributed by atoms with Crippen molar-refractivity contribution in [2.24, 2.45) is 0 Å². The van der Waals surface area contributed by atoms with Crippen LogP contribution in [0.5, 0.6) is 0 Å². The molecular weight excluding hydrogens is 216 g/mol. The van der Waals surface area contributed by atoms with Crippen LogP contribution in [0.25, 0.3) is 0 Å². The summed E-state index contributed by atoms with van der Waals surface area (Å²) in [4.78, 5) is 13.0. The molecule has 0 radical (unpaired) electrons. The Labute approximate surface area is 103 Å². The molecule has 1 N–H and O–H groups in total. The van der Waals surface area contributed by atoms with Crippen LogP contribution < -0.4 is 5.32 Å². The zero-order chi connectivity index (χ0) is 12.7. The van der Waals surface area contributed by atoms with Gasteiger partial charge in [0.2, 0.25) is 0 Å². The Morgan fingerprint density at radius 2 is 1.94 bits per heavy atom. The molecule has 94 valence electrons. The van der Waals surface area contributed by atoms with Gasteiger partial charge in [-0.2, -0.15) is 0 Å². The third-order valence-corrected chi connectivity index (χ3v) is 2.34. The predicted octanol–water partition coefficient (Wildman–Crippen LogP) is 1.72. The Bertz CT molecular complexity index is 347. The number of carbonyl (C=O) groups excluding carboxylic acids is 1. The second-order valence-electron chi connectivity index (χ2n) is 4.19. The van der Waals surface area contributed by atoms with Crippen LogP contribution >= 0.6 is 0 Å². The first kappa shape index (κ1) is 13.5. The summed E-state index contributed by atoms with van der Waals surface area (Å²) in [5.41, 5.74) is 2.30. The van der Waals surface area contributed by atoms with Gasteiger partial charge in [-0.05, 0) is 31.8 Å². The van der Waals surface area contributed by atoms with Gasteiger partial charge >= 0.3 is 5.97 Å². The fourth-order valence-electron chi connectivity index (χ4n) is 1.50. The van der Waals surface area contributed by atoms with E-state index in [-0.39, 0.29) is 5.97 Å². The van der Waals surface area contributed by atoms with E-state index in [1.807, 2.05) is 26.2 Å². The van der Waals surface area contributed by atoms with E-state index >= 15 is 0 Å². The maximum absolute atomic E-state index is 10.9. The van der Waals surface area contributed by atoms with Crippen molar-refractivity contribution in [3.8, 4) is 0 Å². The van der Waals surface area contributed by atoms with Crippen LogP contribution in [-0.2, 0) is 16.1 Å². The molecule has 0 amide bonds. The van der Waals surface area contributed by atoms with Crippen molar-refractivity contribution in [3.63, 3.8) is 0 Å². The van der Waals surface area contributed by atoms with E-state index in [4.69, 9.17) is 0 Å². The smallest absolute Gasteiger partial charge is 0.307 e. The fourth-order valence-corrected chi connectivity index (χ4v) is 1.50. The lowest BCUT2D eigenvalue weighted by Gasteiger charge is -2.10. The van der Waals surface area contributed by atoms with Crippen molar-refractivity contribution in [2.45, 2.75) is 13.0 Å². The quantitative estimate of drug-likeness (QED) is 0.764. The van der Waals surface area contributed by atoms with Crippen LogP contribution in [-0.4, -0.2) is 38.6 Å². The highest BCUT2D eigenvalue weighted by atomic mass is 16.5. The maximum atomic E-state index is 10.9. The summed E-state index contributed by atoms with van der Waals surface area (Å²) in [6.45, 7) is 1.53. The number of rotatable bonds is 6. The molecule has 0 fully saturated rings. The number of nitrogens with zero attached hydrogens (tertiary/aromatic N) is 1. The third kappa shape index (κ3) is 5.36. The van der Waals surface area contributed by atoms with Crippen molar-refractivity contribution in [1.29, 1.82) is 0 Å². The van der Waals surface area contributed by atoms with Gasteiger partial charge in [0.25, 0.3) is 0 Å². The molecule has 0 saturated heterocycles. The first-order valence-corrected chi connectivity index (χ1v) is 5.66. The van der Waals surface area contributed by atoms with Crippen molar-refractivity contribution >= 4 is 11.7 Å². The molecule has 17 heavy (non-hydrogen) atoms. The molecule has 0 aliphatic rings. The Balaban J connectivity index is 2.37. The monoisotopic (exact) mass is 236 g/mol. The minimum Gasteiger partial charge on any atom is -0.469 e. The fraction of sp³-hybridized carbons (Fsp3) is 0.462. The topological polar surface area (TPSA) is 41.6 Å². The molecule has 0 aromatic heterocycles. The van der Waals surface area contributed by atoms with Gasteiger partial charge in [-0.1, -0.05) is 12.1 Å². The number of hydrogen-bond donors (Lipinski definition) is 1. The molecule has 4 nitrogen and oxygen atoms in total. The summed E-state index contributed by atoms with van der Waals surface area (Å²) in [7, 11) is 5.49. The van der Waals surface area contributed by atoms with E-state index in [1.165, 1.54) is 12.7 Å². The summed E-state index contributed by atoms with van der Waals surface area (Å²) < 4.78 is 4.57. The molecule has 1 aromatic carbocycles. The average molecular weight is 236 g/mol. The summed E-state index contributed by atoms with van der Waals surface area (Å²) in [6.07, 6.45) is 0.385. The molecule has 0 unspecified atom stereocenters. The molecule has 4 heteroatoms. The van der Waals surface area contributed by atoms with Crippen LogP contribution in [0.2, 0.25) is 0 Å². The van der Waals surface area contributed by atoms with Gasteiger partial charge in [-0.3, -0.25) is 4.79 Å². The average Bonchev–Trinajstić information content (AvgIpc) is 2.30. The number of methoxy groups -OCH3 is 1. The van der Waals surface area contributed by atoms with Crippen LogP contribution in [0.3, 0.4) is 0 Å². The van der Waals surface area contributed by atoms with E-state index in [2.05, 4.69) is 27.1 Å². The number of esters is 1. The van der Waals surface area contributed by atoms with E-state index in [1.54, 1.807) is 0 Å². The molecule has 1 aromatic rings. The lowest BCUT2D eigenvalue weighted by atomic mass is 10.2. The molecular formula is C13H20N2O2. The number of anilines is 1. The Morgan fingerprint density at radius 3 is 2.47 bits per heavy atom. The summed E-state index contributed by atoms with van der Waals surface area (Å²) in [6, 6.07) is 8.22. The number of hydrogen-bond acceptors (Lipinski definition) is 4. The van der Waals surface area contributed by atoms with Crippen molar-refractivity contribution in [1.82, 2.24) is 4.90 Å². The van der Waals surface area contributed by atoms with Gasteiger partial charge < -0.3 is 15.0 Å². The molecule has 0 bridgehead atoms. The van der Waals surface area contributed by atoms with Crippen LogP contribution in [0.4, 0.5) is 5.69 Å². The SMILES string of the molecule is COC(=O)CCNc1ccc(CN(C)C)cc1. The molecule has 0 aliphatic heterocycles. The maximum Gasteiger partial charge on any atom is 0.307 e. The molecule has 0 spiro atoms. The van der Waals surface area contributed by atoms with E-state index in [0.29, 0.717) is 13.0 Å². The lowest BCUT2D eigenvalue weighted by Crippen LogP contribution is -2.11. The van der Waals surface area contributed by atoms with Gasteiger partial charge in [0.15, 0.2) is 0 Å². The van der Waals surface area contributed by atoms with Crippen molar-refractivity contribution in [3.05, 3.63) is 29.8 Å². The molecule has 0 atom stereocenters. The van der Waals surface area contributed by atoms with Crippen molar-refractivity contribution < 1.29 is 9.53 Å². The second-order valence-corrected chi connectivity index (χ2v) is 4.19. The minimum absolute atomic E-state index is 0.193. The van der Waals surface area contributed by atoms with Gasteiger partial charge in [0.05, 0.1) is 13.5 Å². The van der Waals surface area contributed by atoms with E-state index < -0.39 is 0 Å². The zero-order valence-electron chi connectivity index (χ0n) is 10.7. The first-order valence-electron chi connectivity index (χ1n) is 5.66. The highest BCUT2D eigenvalue weighted by molar-refractivity contribution is 5.69. The van der Waals surface area contributed by atoms with Gasteiger partial charge in [0, 0.05) is 18.8 Å².